The fraction of sp³-hybridized carbons (Fsp3) is 0.650. The molecule has 2 N–H and O–H groups in total. The molecule has 4 fully saturated rings. The minimum absolute atomic E-state index is 0.0617. The lowest BCUT2D eigenvalue weighted by atomic mass is 9.52. The Hall–Kier alpha value is -1.55. The Bertz CT molecular complexity index is 657. The van der Waals surface area contributed by atoms with Gasteiger partial charge in [-0.25, -0.2) is 4.79 Å². The van der Waals surface area contributed by atoms with E-state index in [0.29, 0.717) is 17.8 Å². The third-order valence-corrected chi connectivity index (χ3v) is 6.89. The van der Waals surface area contributed by atoms with Crippen molar-refractivity contribution in [2.75, 3.05) is 11.4 Å². The summed E-state index contributed by atoms with van der Waals surface area (Å²) in [7, 11) is 0. The van der Waals surface area contributed by atoms with Gasteiger partial charge < -0.3 is 10.4 Å². The van der Waals surface area contributed by atoms with Crippen LogP contribution < -0.4 is 10.2 Å². The first-order valence-corrected chi connectivity index (χ1v) is 9.50. The number of carbonyl (C=O) groups excluding carboxylic acids is 1. The van der Waals surface area contributed by atoms with E-state index in [1.807, 2.05) is 11.0 Å². The van der Waals surface area contributed by atoms with Gasteiger partial charge in [-0.1, -0.05) is 18.2 Å². The van der Waals surface area contributed by atoms with E-state index in [1.54, 1.807) is 0 Å². The minimum atomic E-state index is -0.435. The molecule has 4 saturated carbocycles. The lowest BCUT2D eigenvalue weighted by molar-refractivity contribution is -0.136. The maximum Gasteiger partial charge on any atom is 0.322 e. The Balaban J connectivity index is 1.35. The van der Waals surface area contributed by atoms with Crippen molar-refractivity contribution in [3.8, 4) is 0 Å². The van der Waals surface area contributed by atoms with Gasteiger partial charge in [-0.3, -0.25) is 4.90 Å². The van der Waals surface area contributed by atoms with E-state index in [2.05, 4.69) is 23.5 Å². The molecule has 4 aliphatic carbocycles. The number of nitrogens with one attached hydrogen (secondary N) is 1. The van der Waals surface area contributed by atoms with Crippen LogP contribution in [0.3, 0.4) is 0 Å². The molecular formula is C20H26N2O2. The lowest BCUT2D eigenvalue weighted by Gasteiger charge is -2.58. The number of amides is 2. The fourth-order valence-corrected chi connectivity index (χ4v) is 6.18. The number of hydrogen-bond acceptors (Lipinski definition) is 2. The molecule has 5 aliphatic rings. The molecular weight excluding hydrogens is 300 g/mol. The maximum absolute atomic E-state index is 13.0. The number of hydrogen-bond donors (Lipinski definition) is 2. The molecule has 128 valence electrons. The van der Waals surface area contributed by atoms with Crippen molar-refractivity contribution in [2.24, 2.45) is 17.8 Å². The Labute approximate surface area is 143 Å². The molecule has 1 aromatic carbocycles. The molecule has 0 aromatic heterocycles. The summed E-state index contributed by atoms with van der Waals surface area (Å²) >= 11 is 0. The van der Waals surface area contributed by atoms with E-state index in [9.17, 15) is 9.90 Å². The van der Waals surface area contributed by atoms with E-state index in [4.69, 9.17) is 0 Å². The number of rotatable bonds is 1. The van der Waals surface area contributed by atoms with Crippen LogP contribution in [-0.2, 0) is 6.42 Å². The van der Waals surface area contributed by atoms with Gasteiger partial charge in [0.2, 0.25) is 0 Å². The molecule has 0 saturated heterocycles. The van der Waals surface area contributed by atoms with Gasteiger partial charge in [0.15, 0.2) is 0 Å². The summed E-state index contributed by atoms with van der Waals surface area (Å²) in [5, 5.41) is 14.1. The Morgan fingerprint density at radius 2 is 1.92 bits per heavy atom. The Morgan fingerprint density at radius 3 is 2.67 bits per heavy atom. The van der Waals surface area contributed by atoms with E-state index < -0.39 is 5.60 Å². The van der Waals surface area contributed by atoms with Crippen LogP contribution in [-0.4, -0.2) is 29.3 Å². The smallest absolute Gasteiger partial charge is 0.322 e. The number of urea groups is 1. The van der Waals surface area contributed by atoms with Crippen molar-refractivity contribution in [2.45, 2.75) is 56.6 Å². The van der Waals surface area contributed by atoms with Crippen LogP contribution in [0.4, 0.5) is 10.5 Å². The summed E-state index contributed by atoms with van der Waals surface area (Å²) in [6.45, 7) is 0.803. The highest BCUT2D eigenvalue weighted by molar-refractivity contribution is 5.93. The first kappa shape index (κ1) is 14.8. The summed E-state index contributed by atoms with van der Waals surface area (Å²) in [6.07, 6.45) is 7.19. The molecule has 4 heteroatoms. The highest BCUT2D eigenvalue weighted by Crippen LogP contribution is 2.55. The predicted molar refractivity (Wildman–Crippen MR) is 92.9 cm³/mol. The molecule has 2 amide bonds. The second kappa shape index (κ2) is 5.22. The van der Waals surface area contributed by atoms with Crippen LogP contribution in [0.5, 0.6) is 0 Å². The zero-order valence-electron chi connectivity index (χ0n) is 14.1. The van der Waals surface area contributed by atoms with Crippen LogP contribution in [0.1, 0.15) is 44.1 Å². The van der Waals surface area contributed by atoms with Crippen LogP contribution in [0.15, 0.2) is 24.3 Å². The van der Waals surface area contributed by atoms with Crippen molar-refractivity contribution >= 4 is 11.7 Å². The van der Waals surface area contributed by atoms with Crippen LogP contribution in [0.25, 0.3) is 0 Å². The molecule has 0 radical (unpaired) electrons. The average molecular weight is 326 g/mol. The van der Waals surface area contributed by atoms with E-state index in [-0.39, 0.29) is 12.1 Å². The first-order chi connectivity index (χ1) is 11.6. The summed E-state index contributed by atoms with van der Waals surface area (Å²) < 4.78 is 0. The topological polar surface area (TPSA) is 52.6 Å². The number of benzene rings is 1. The van der Waals surface area contributed by atoms with Gasteiger partial charge in [-0.15, -0.1) is 0 Å². The van der Waals surface area contributed by atoms with Gasteiger partial charge in [-0.2, -0.15) is 0 Å². The average Bonchev–Trinajstić information content (AvgIpc) is 2.56. The number of aryl methyl sites for hydroxylation is 1. The zero-order chi connectivity index (χ0) is 16.3. The molecule has 1 heterocycles. The molecule has 6 rings (SSSR count). The van der Waals surface area contributed by atoms with Gasteiger partial charge in [0.05, 0.1) is 5.60 Å². The highest BCUT2D eigenvalue weighted by Gasteiger charge is 2.55. The molecule has 4 bridgehead atoms. The second-order valence-electron chi connectivity index (χ2n) is 8.55. The normalized spacial score (nSPS) is 39.6. The number of nitrogens with zero attached hydrogens (tertiary/aromatic N) is 1. The molecule has 2 atom stereocenters. The van der Waals surface area contributed by atoms with Crippen molar-refractivity contribution in [3.05, 3.63) is 29.8 Å². The van der Waals surface area contributed by atoms with Crippen molar-refractivity contribution < 1.29 is 9.90 Å². The number of carbonyl (C=O) groups is 1. The Kier molecular flexibility index (Phi) is 3.21. The van der Waals surface area contributed by atoms with Crippen molar-refractivity contribution in [1.29, 1.82) is 0 Å². The van der Waals surface area contributed by atoms with Gasteiger partial charge >= 0.3 is 6.03 Å². The number of aliphatic hydroxyl groups is 1. The third kappa shape index (κ3) is 2.26. The SMILES string of the molecule is O=C(NC1C2CC3CC1CC(O)(C3)C2)N1CCCc2ccccc21. The number of para-hydroxylation sites is 1. The zero-order valence-corrected chi connectivity index (χ0v) is 14.1. The van der Waals surface area contributed by atoms with Crippen molar-refractivity contribution in [3.63, 3.8) is 0 Å². The molecule has 1 aliphatic heterocycles. The van der Waals surface area contributed by atoms with Gasteiger partial charge in [0.1, 0.15) is 0 Å². The molecule has 4 nitrogen and oxygen atoms in total. The monoisotopic (exact) mass is 326 g/mol. The standard InChI is InChI=1S/C20H26N2O2/c23-19(22-7-3-5-14-4-1-2-6-17(14)22)21-18-15-8-13-9-16(18)12-20(24,10-13)11-15/h1-2,4,6,13,15-16,18,24H,3,5,7-12H2,(H,21,23). The largest absolute Gasteiger partial charge is 0.390 e. The number of anilines is 1. The summed E-state index contributed by atoms with van der Waals surface area (Å²) in [4.78, 5) is 14.9. The summed E-state index contributed by atoms with van der Waals surface area (Å²) in [5.41, 5.74) is 1.91. The highest BCUT2D eigenvalue weighted by atomic mass is 16.3. The number of fused-ring (bicyclic) bond motifs is 1. The summed E-state index contributed by atoms with van der Waals surface area (Å²) in [6, 6.07) is 8.58. The van der Waals surface area contributed by atoms with Crippen LogP contribution in [0, 0.1) is 17.8 Å². The van der Waals surface area contributed by atoms with E-state index in [0.717, 1.165) is 44.3 Å². The quantitative estimate of drug-likeness (QED) is 0.833. The molecule has 24 heavy (non-hydrogen) atoms. The van der Waals surface area contributed by atoms with Crippen LogP contribution in [0.2, 0.25) is 0 Å². The predicted octanol–water partition coefficient (Wildman–Crippen LogP) is 3.09. The van der Waals surface area contributed by atoms with Crippen molar-refractivity contribution in [1.82, 2.24) is 5.32 Å². The maximum atomic E-state index is 13.0. The van der Waals surface area contributed by atoms with Gasteiger partial charge in [0, 0.05) is 18.3 Å². The van der Waals surface area contributed by atoms with Crippen LogP contribution >= 0.6 is 0 Å². The Morgan fingerprint density at radius 1 is 1.17 bits per heavy atom. The van der Waals surface area contributed by atoms with E-state index >= 15 is 0 Å². The first-order valence-electron chi connectivity index (χ1n) is 9.50. The molecule has 1 aromatic rings. The second-order valence-corrected chi connectivity index (χ2v) is 8.55. The lowest BCUT2D eigenvalue weighted by Crippen LogP contribution is -2.63. The van der Waals surface area contributed by atoms with Gasteiger partial charge in [-0.05, 0) is 74.3 Å². The fourth-order valence-electron chi connectivity index (χ4n) is 6.18. The van der Waals surface area contributed by atoms with E-state index in [1.165, 1.54) is 18.4 Å². The minimum Gasteiger partial charge on any atom is -0.390 e. The van der Waals surface area contributed by atoms with Gasteiger partial charge in [0.25, 0.3) is 0 Å². The molecule has 2 unspecified atom stereocenters. The summed E-state index contributed by atoms with van der Waals surface area (Å²) in [5.74, 6) is 1.60. The molecule has 0 spiro atoms. The third-order valence-electron chi connectivity index (χ3n) is 6.89.